The van der Waals surface area contributed by atoms with Crippen LogP contribution in [0, 0.1) is 13.8 Å². The third-order valence-electron chi connectivity index (χ3n) is 2.65. The Labute approximate surface area is 97.2 Å². The molecular weight excluding hydrogens is 200 g/mol. The van der Waals surface area contributed by atoms with E-state index >= 15 is 0 Å². The Morgan fingerprint density at radius 1 is 1.38 bits per heavy atom. The molecule has 0 saturated carbocycles. The highest BCUT2D eigenvalue weighted by atomic mass is 16.1. The molecule has 0 heterocycles. The first-order valence-electron chi connectivity index (χ1n) is 5.58. The lowest BCUT2D eigenvalue weighted by Gasteiger charge is -2.16. The van der Waals surface area contributed by atoms with Gasteiger partial charge in [0, 0.05) is 25.2 Å². The van der Waals surface area contributed by atoms with Crippen LogP contribution in [0.15, 0.2) is 18.2 Å². The molecule has 1 unspecified atom stereocenters. The van der Waals surface area contributed by atoms with E-state index in [-0.39, 0.29) is 11.9 Å². The number of anilines is 1. The highest BCUT2D eigenvalue weighted by Crippen LogP contribution is 2.17. The molecule has 2 N–H and O–H groups in total. The average molecular weight is 220 g/mol. The van der Waals surface area contributed by atoms with Gasteiger partial charge in [-0.05, 0) is 38.0 Å². The summed E-state index contributed by atoms with van der Waals surface area (Å²) in [6.45, 7) is 8.45. The van der Waals surface area contributed by atoms with Gasteiger partial charge in [0.1, 0.15) is 0 Å². The summed E-state index contributed by atoms with van der Waals surface area (Å²) in [5.74, 6) is 0.00950. The van der Waals surface area contributed by atoms with Gasteiger partial charge in [-0.1, -0.05) is 12.1 Å². The lowest BCUT2D eigenvalue weighted by atomic mass is 10.1. The Morgan fingerprint density at radius 3 is 2.69 bits per heavy atom. The van der Waals surface area contributed by atoms with Crippen molar-refractivity contribution in [1.29, 1.82) is 0 Å². The van der Waals surface area contributed by atoms with Crippen molar-refractivity contribution in [3.05, 3.63) is 29.3 Å². The zero-order valence-corrected chi connectivity index (χ0v) is 10.4. The van der Waals surface area contributed by atoms with Gasteiger partial charge in [0.15, 0.2) is 0 Å². The fourth-order valence-corrected chi connectivity index (χ4v) is 1.60. The first-order chi connectivity index (χ1) is 7.50. The smallest absolute Gasteiger partial charge is 0.217 e. The first kappa shape index (κ1) is 12.6. The second-order valence-corrected chi connectivity index (χ2v) is 4.23. The predicted molar refractivity (Wildman–Crippen MR) is 67.7 cm³/mol. The van der Waals surface area contributed by atoms with E-state index in [9.17, 15) is 4.79 Å². The van der Waals surface area contributed by atoms with Crippen LogP contribution in [0.5, 0.6) is 0 Å². The monoisotopic (exact) mass is 220 g/mol. The van der Waals surface area contributed by atoms with E-state index in [0.29, 0.717) is 0 Å². The predicted octanol–water partition coefficient (Wildman–Crippen LogP) is 2.24. The molecule has 16 heavy (non-hydrogen) atoms. The van der Waals surface area contributed by atoms with Gasteiger partial charge >= 0.3 is 0 Å². The van der Waals surface area contributed by atoms with E-state index in [0.717, 1.165) is 12.2 Å². The minimum absolute atomic E-state index is 0.00950. The minimum atomic E-state index is 0.00950. The summed E-state index contributed by atoms with van der Waals surface area (Å²) >= 11 is 0. The van der Waals surface area contributed by atoms with Crippen molar-refractivity contribution in [2.45, 2.75) is 33.7 Å². The van der Waals surface area contributed by atoms with Gasteiger partial charge in [0.25, 0.3) is 0 Å². The second kappa shape index (κ2) is 5.54. The van der Waals surface area contributed by atoms with Crippen molar-refractivity contribution in [3.8, 4) is 0 Å². The molecule has 3 heteroatoms. The quantitative estimate of drug-likeness (QED) is 0.817. The Kier molecular flexibility index (Phi) is 4.35. The number of hydrogen-bond acceptors (Lipinski definition) is 2. The molecule has 0 saturated heterocycles. The number of rotatable bonds is 4. The van der Waals surface area contributed by atoms with Crippen molar-refractivity contribution >= 4 is 11.6 Å². The number of carbonyl (C=O) groups excluding carboxylic acids is 1. The molecule has 0 fully saturated rings. The molecule has 0 radical (unpaired) electrons. The van der Waals surface area contributed by atoms with E-state index in [1.54, 1.807) is 0 Å². The Morgan fingerprint density at radius 2 is 2.06 bits per heavy atom. The largest absolute Gasteiger partial charge is 0.383 e. The summed E-state index contributed by atoms with van der Waals surface area (Å²) in [5.41, 5.74) is 3.67. The van der Waals surface area contributed by atoms with Crippen molar-refractivity contribution in [2.24, 2.45) is 0 Å². The molecule has 1 aromatic carbocycles. The van der Waals surface area contributed by atoms with Gasteiger partial charge in [-0.25, -0.2) is 0 Å². The summed E-state index contributed by atoms with van der Waals surface area (Å²) in [5, 5.41) is 6.19. The summed E-state index contributed by atoms with van der Waals surface area (Å²) in [7, 11) is 0. The molecule has 0 bridgehead atoms. The maximum atomic E-state index is 10.8. The van der Waals surface area contributed by atoms with Crippen LogP contribution in [0.4, 0.5) is 5.69 Å². The Balaban J connectivity index is 2.54. The SMILES string of the molecule is CC(=O)NC(C)CNc1cccc(C)c1C. The van der Waals surface area contributed by atoms with Crippen LogP contribution in [0.1, 0.15) is 25.0 Å². The molecule has 3 nitrogen and oxygen atoms in total. The molecule has 88 valence electrons. The molecule has 0 spiro atoms. The van der Waals surface area contributed by atoms with Gasteiger partial charge in [-0.2, -0.15) is 0 Å². The first-order valence-corrected chi connectivity index (χ1v) is 5.58. The lowest BCUT2D eigenvalue weighted by molar-refractivity contribution is -0.119. The van der Waals surface area contributed by atoms with Crippen LogP contribution in [0.25, 0.3) is 0 Å². The van der Waals surface area contributed by atoms with E-state index in [2.05, 4.69) is 36.6 Å². The molecule has 0 aromatic heterocycles. The fraction of sp³-hybridized carbons (Fsp3) is 0.462. The highest BCUT2D eigenvalue weighted by molar-refractivity contribution is 5.73. The van der Waals surface area contributed by atoms with E-state index < -0.39 is 0 Å². The number of carbonyl (C=O) groups is 1. The van der Waals surface area contributed by atoms with Crippen molar-refractivity contribution < 1.29 is 4.79 Å². The molecule has 0 aliphatic heterocycles. The van der Waals surface area contributed by atoms with Crippen LogP contribution in [0.2, 0.25) is 0 Å². The maximum Gasteiger partial charge on any atom is 0.217 e. The van der Waals surface area contributed by atoms with E-state index in [4.69, 9.17) is 0 Å². The lowest BCUT2D eigenvalue weighted by Crippen LogP contribution is -2.35. The number of hydrogen-bond donors (Lipinski definition) is 2. The Bertz CT molecular complexity index is 374. The third-order valence-corrected chi connectivity index (χ3v) is 2.65. The van der Waals surface area contributed by atoms with Gasteiger partial charge in [0.2, 0.25) is 5.91 Å². The van der Waals surface area contributed by atoms with Crippen LogP contribution in [-0.2, 0) is 4.79 Å². The second-order valence-electron chi connectivity index (χ2n) is 4.23. The standard InChI is InChI=1S/C13H20N2O/c1-9-6-5-7-13(11(9)3)14-8-10(2)15-12(4)16/h5-7,10,14H,8H2,1-4H3,(H,15,16). The number of nitrogens with one attached hydrogen (secondary N) is 2. The van der Waals surface area contributed by atoms with E-state index in [1.807, 2.05) is 13.0 Å². The van der Waals surface area contributed by atoms with Gasteiger partial charge in [0.05, 0.1) is 0 Å². The minimum Gasteiger partial charge on any atom is -0.383 e. The maximum absolute atomic E-state index is 10.8. The van der Waals surface area contributed by atoms with Crippen LogP contribution in [-0.4, -0.2) is 18.5 Å². The molecule has 1 amide bonds. The zero-order valence-electron chi connectivity index (χ0n) is 10.4. The van der Waals surface area contributed by atoms with Crippen molar-refractivity contribution in [3.63, 3.8) is 0 Å². The van der Waals surface area contributed by atoms with Gasteiger partial charge in [-0.15, -0.1) is 0 Å². The van der Waals surface area contributed by atoms with Crippen molar-refractivity contribution in [2.75, 3.05) is 11.9 Å². The molecule has 1 atom stereocenters. The summed E-state index contributed by atoms with van der Waals surface area (Å²) < 4.78 is 0. The number of amides is 1. The van der Waals surface area contributed by atoms with Crippen molar-refractivity contribution in [1.82, 2.24) is 5.32 Å². The molecular formula is C13H20N2O. The van der Waals surface area contributed by atoms with Gasteiger partial charge < -0.3 is 10.6 Å². The number of aryl methyl sites for hydroxylation is 1. The Hall–Kier alpha value is -1.51. The normalized spacial score (nSPS) is 12.0. The number of benzene rings is 1. The van der Waals surface area contributed by atoms with Gasteiger partial charge in [-0.3, -0.25) is 4.79 Å². The molecule has 0 aliphatic rings. The molecule has 1 rings (SSSR count). The molecule has 0 aliphatic carbocycles. The summed E-state index contributed by atoms with van der Waals surface area (Å²) in [6, 6.07) is 6.33. The van der Waals surface area contributed by atoms with Crippen LogP contribution in [0.3, 0.4) is 0 Å². The van der Waals surface area contributed by atoms with Crippen LogP contribution >= 0.6 is 0 Å². The van der Waals surface area contributed by atoms with Crippen LogP contribution < -0.4 is 10.6 Å². The average Bonchev–Trinajstić information content (AvgIpc) is 2.19. The third kappa shape index (κ3) is 3.57. The summed E-state index contributed by atoms with van der Waals surface area (Å²) in [6.07, 6.45) is 0. The zero-order chi connectivity index (χ0) is 12.1. The fourth-order valence-electron chi connectivity index (χ4n) is 1.60. The highest BCUT2D eigenvalue weighted by Gasteiger charge is 2.04. The van der Waals surface area contributed by atoms with E-state index in [1.165, 1.54) is 18.1 Å². The molecule has 1 aromatic rings. The summed E-state index contributed by atoms with van der Waals surface area (Å²) in [4.78, 5) is 10.8. The topological polar surface area (TPSA) is 41.1 Å².